The molecule has 88 valence electrons. The topological polar surface area (TPSA) is 9.23 Å². The maximum Gasteiger partial charge on any atom is 0.0872 e. The molecule has 0 saturated carbocycles. The van der Waals surface area contributed by atoms with Gasteiger partial charge in [0.15, 0.2) is 0 Å². The van der Waals surface area contributed by atoms with Crippen LogP contribution in [0, 0.1) is 0 Å². The maximum atomic E-state index is 4.84. The van der Waals surface area contributed by atoms with Crippen molar-refractivity contribution in [1.29, 1.82) is 0 Å². The van der Waals surface area contributed by atoms with Gasteiger partial charge in [0.1, 0.15) is 0 Å². The summed E-state index contributed by atoms with van der Waals surface area (Å²) in [6.45, 7) is 6.36. The Balaban J connectivity index is 0.000000293. The molecule has 1 rings (SSSR count). The number of unbranched alkanes of at least 4 members (excludes halogenated alkanes) is 1. The van der Waals surface area contributed by atoms with Gasteiger partial charge in [0.2, 0.25) is 0 Å². The molecule has 0 heterocycles. The molecular formula is C14H20OS. The van der Waals surface area contributed by atoms with Gasteiger partial charge >= 0.3 is 0 Å². The molecule has 0 amide bonds. The van der Waals surface area contributed by atoms with Crippen molar-refractivity contribution in [3.63, 3.8) is 0 Å². The molecule has 1 nitrogen and oxygen atoms in total. The molecule has 0 aromatic heterocycles. The van der Waals surface area contributed by atoms with Gasteiger partial charge in [-0.1, -0.05) is 50.3 Å². The third-order valence-electron chi connectivity index (χ3n) is 1.80. The molecule has 0 aliphatic carbocycles. The van der Waals surface area contributed by atoms with Crippen LogP contribution in [-0.4, -0.2) is 6.61 Å². The van der Waals surface area contributed by atoms with Gasteiger partial charge in [-0.05, 0) is 23.5 Å². The molecule has 0 radical (unpaired) electrons. The Morgan fingerprint density at radius 3 is 2.50 bits per heavy atom. The lowest BCUT2D eigenvalue weighted by Crippen LogP contribution is -1.83. The second-order valence-electron chi connectivity index (χ2n) is 3.12. The monoisotopic (exact) mass is 236 g/mol. The summed E-state index contributed by atoms with van der Waals surface area (Å²) < 4.78 is 4.84. The van der Waals surface area contributed by atoms with Crippen LogP contribution in [0.5, 0.6) is 0 Å². The highest BCUT2D eigenvalue weighted by atomic mass is 32.1. The third-order valence-corrected chi connectivity index (χ3v) is 1.95. The molecule has 0 spiro atoms. The van der Waals surface area contributed by atoms with Gasteiger partial charge in [-0.2, -0.15) is 12.6 Å². The summed E-state index contributed by atoms with van der Waals surface area (Å²) in [5, 5.41) is 1.73. The Bertz CT molecular complexity index is 280. The predicted molar refractivity (Wildman–Crippen MR) is 75.5 cm³/mol. The van der Waals surface area contributed by atoms with Crippen LogP contribution in [-0.2, 0) is 4.74 Å². The minimum absolute atomic E-state index is 0.819. The molecule has 0 aliphatic heterocycles. The van der Waals surface area contributed by atoms with Crippen molar-refractivity contribution >= 4 is 18.7 Å². The first-order valence-corrected chi connectivity index (χ1v) is 5.95. The number of rotatable bonds is 5. The van der Waals surface area contributed by atoms with Crippen LogP contribution in [0.2, 0.25) is 0 Å². The van der Waals surface area contributed by atoms with Gasteiger partial charge in [0.25, 0.3) is 0 Å². The second-order valence-corrected chi connectivity index (χ2v) is 3.42. The molecule has 0 bridgehead atoms. The van der Waals surface area contributed by atoms with E-state index in [-0.39, 0.29) is 0 Å². The molecule has 2 heteroatoms. The van der Waals surface area contributed by atoms with Crippen molar-refractivity contribution in [2.45, 2.75) is 19.8 Å². The van der Waals surface area contributed by atoms with Crippen LogP contribution in [0.1, 0.15) is 25.3 Å². The Morgan fingerprint density at radius 1 is 1.31 bits per heavy atom. The molecule has 0 aliphatic rings. The summed E-state index contributed by atoms with van der Waals surface area (Å²) >= 11 is 3.95. The van der Waals surface area contributed by atoms with E-state index >= 15 is 0 Å². The lowest BCUT2D eigenvalue weighted by Gasteiger charge is -1.93. The molecule has 0 saturated heterocycles. The van der Waals surface area contributed by atoms with Crippen LogP contribution in [0.3, 0.4) is 0 Å². The van der Waals surface area contributed by atoms with E-state index in [4.69, 9.17) is 4.74 Å². The minimum Gasteiger partial charge on any atom is -0.502 e. The highest BCUT2D eigenvalue weighted by molar-refractivity contribution is 7.83. The Hall–Kier alpha value is -1.15. The van der Waals surface area contributed by atoms with Crippen molar-refractivity contribution in [3.05, 3.63) is 54.1 Å². The average Bonchev–Trinajstić information content (AvgIpc) is 2.32. The fourth-order valence-electron chi connectivity index (χ4n) is 0.961. The van der Waals surface area contributed by atoms with Crippen molar-refractivity contribution in [3.8, 4) is 0 Å². The Labute approximate surface area is 104 Å². The van der Waals surface area contributed by atoms with Crippen LogP contribution in [0.25, 0.3) is 6.08 Å². The zero-order valence-electron chi connectivity index (χ0n) is 9.80. The number of benzene rings is 1. The average molecular weight is 236 g/mol. The number of thiol groups is 1. The lowest BCUT2D eigenvalue weighted by molar-refractivity contribution is 0.245. The molecule has 1 aromatic rings. The van der Waals surface area contributed by atoms with Gasteiger partial charge in [0.05, 0.1) is 12.9 Å². The van der Waals surface area contributed by atoms with E-state index in [1.807, 2.05) is 36.4 Å². The van der Waals surface area contributed by atoms with Crippen molar-refractivity contribution < 1.29 is 4.74 Å². The summed E-state index contributed by atoms with van der Waals surface area (Å²) in [6.07, 6.45) is 5.75. The SMILES string of the molecule is C=COCCCC.SC=Cc1ccccc1. The smallest absolute Gasteiger partial charge is 0.0872 e. The molecule has 1 aromatic carbocycles. The summed E-state index contributed by atoms with van der Waals surface area (Å²) in [5.74, 6) is 0. The largest absolute Gasteiger partial charge is 0.502 e. The van der Waals surface area contributed by atoms with Crippen molar-refractivity contribution in [2.75, 3.05) is 6.61 Å². The summed E-state index contributed by atoms with van der Waals surface area (Å²) in [5.41, 5.74) is 1.19. The molecule has 0 N–H and O–H groups in total. The fraction of sp³-hybridized carbons (Fsp3) is 0.286. The first-order valence-electron chi connectivity index (χ1n) is 5.43. The van der Waals surface area contributed by atoms with E-state index in [0.29, 0.717) is 0 Å². The zero-order valence-corrected chi connectivity index (χ0v) is 10.7. The van der Waals surface area contributed by atoms with Crippen LogP contribution in [0.4, 0.5) is 0 Å². The molecule has 0 fully saturated rings. The molecule has 0 atom stereocenters. The third kappa shape index (κ3) is 9.41. The first-order chi connectivity index (χ1) is 7.85. The summed E-state index contributed by atoms with van der Waals surface area (Å²) in [6, 6.07) is 10.1. The predicted octanol–water partition coefficient (Wildman–Crippen LogP) is 4.53. The first kappa shape index (κ1) is 14.8. The quantitative estimate of drug-likeness (QED) is 0.449. The lowest BCUT2D eigenvalue weighted by atomic mass is 10.2. The van der Waals surface area contributed by atoms with Crippen LogP contribution in [0.15, 0.2) is 48.6 Å². The normalized spacial score (nSPS) is 9.38. The van der Waals surface area contributed by atoms with E-state index in [2.05, 4.69) is 26.1 Å². The van der Waals surface area contributed by atoms with Gasteiger partial charge in [-0.3, -0.25) is 0 Å². The van der Waals surface area contributed by atoms with E-state index in [1.165, 1.54) is 18.2 Å². The molecule has 0 unspecified atom stereocenters. The van der Waals surface area contributed by atoms with E-state index < -0.39 is 0 Å². The number of ether oxygens (including phenoxy) is 1. The minimum atomic E-state index is 0.819. The van der Waals surface area contributed by atoms with E-state index in [1.54, 1.807) is 5.41 Å². The van der Waals surface area contributed by atoms with Crippen LogP contribution >= 0.6 is 12.6 Å². The van der Waals surface area contributed by atoms with Crippen molar-refractivity contribution in [1.82, 2.24) is 0 Å². The van der Waals surface area contributed by atoms with Gasteiger partial charge < -0.3 is 4.74 Å². The summed E-state index contributed by atoms with van der Waals surface area (Å²) in [7, 11) is 0. The fourth-order valence-corrected chi connectivity index (χ4v) is 1.13. The summed E-state index contributed by atoms with van der Waals surface area (Å²) in [4.78, 5) is 0. The number of hydrogen-bond donors (Lipinski definition) is 1. The molecule has 16 heavy (non-hydrogen) atoms. The number of hydrogen-bond acceptors (Lipinski definition) is 2. The highest BCUT2D eigenvalue weighted by Gasteiger charge is 1.78. The standard InChI is InChI=1S/C8H8S.C6H12O/c9-7-6-8-4-2-1-3-5-8;1-3-5-6-7-4-2/h1-7,9H;4H,2-3,5-6H2,1H3. The Kier molecular flexibility index (Phi) is 11.1. The highest BCUT2D eigenvalue weighted by Crippen LogP contribution is 2.00. The molecular weight excluding hydrogens is 216 g/mol. The van der Waals surface area contributed by atoms with E-state index in [0.717, 1.165) is 13.0 Å². The maximum absolute atomic E-state index is 4.84. The second kappa shape index (κ2) is 11.9. The van der Waals surface area contributed by atoms with Crippen LogP contribution < -0.4 is 0 Å². The van der Waals surface area contributed by atoms with Gasteiger partial charge in [0, 0.05) is 0 Å². The Morgan fingerprint density at radius 2 is 2.00 bits per heavy atom. The van der Waals surface area contributed by atoms with Crippen molar-refractivity contribution in [2.24, 2.45) is 0 Å². The van der Waals surface area contributed by atoms with Gasteiger partial charge in [-0.15, -0.1) is 0 Å². The van der Waals surface area contributed by atoms with Gasteiger partial charge in [-0.25, -0.2) is 0 Å². The zero-order chi connectivity index (χ0) is 12.1. The van der Waals surface area contributed by atoms with E-state index in [9.17, 15) is 0 Å².